The fraction of sp³-hybridized carbons (Fsp3) is 0.417. The highest BCUT2D eigenvalue weighted by atomic mass is 16.2. The Kier molecular flexibility index (Phi) is 4.63. The molecule has 0 saturated carbocycles. The molecule has 0 aliphatic rings. The van der Waals surface area contributed by atoms with Gasteiger partial charge in [0.25, 0.3) is 5.91 Å². The highest BCUT2D eigenvalue weighted by Crippen LogP contribution is 2.04. The number of hydrogen-bond acceptors (Lipinski definition) is 3. The van der Waals surface area contributed by atoms with Gasteiger partial charge >= 0.3 is 0 Å². The Bertz CT molecular complexity index is 390. The number of hydrogen-bond donors (Lipinski definition) is 2. The third kappa shape index (κ3) is 3.55. The van der Waals surface area contributed by atoms with Crippen molar-refractivity contribution in [1.29, 1.82) is 0 Å². The average Bonchev–Trinajstić information content (AvgIpc) is 2.35. The number of amides is 2. The van der Waals surface area contributed by atoms with E-state index < -0.39 is 6.04 Å². The Morgan fingerprint density at radius 2 is 1.82 bits per heavy atom. The molecule has 0 aromatic carbocycles. The van der Waals surface area contributed by atoms with Crippen molar-refractivity contribution in [2.24, 2.45) is 5.92 Å². The van der Waals surface area contributed by atoms with Gasteiger partial charge in [-0.15, -0.1) is 0 Å². The second-order valence-electron chi connectivity index (χ2n) is 4.05. The number of carbonyl (C=O) groups excluding carboxylic acids is 2. The van der Waals surface area contributed by atoms with E-state index in [0.29, 0.717) is 5.56 Å². The minimum atomic E-state index is -0.527. The molecule has 0 saturated heterocycles. The van der Waals surface area contributed by atoms with Crippen molar-refractivity contribution in [2.75, 3.05) is 7.05 Å². The van der Waals surface area contributed by atoms with Crippen molar-refractivity contribution >= 4 is 11.8 Å². The molecule has 0 aliphatic carbocycles. The van der Waals surface area contributed by atoms with E-state index in [0.717, 1.165) is 0 Å². The summed E-state index contributed by atoms with van der Waals surface area (Å²) in [5.41, 5.74) is 0.495. The summed E-state index contributed by atoms with van der Waals surface area (Å²) in [5.74, 6) is -0.433. The van der Waals surface area contributed by atoms with Gasteiger partial charge in [0.05, 0.1) is 0 Å². The van der Waals surface area contributed by atoms with Crippen molar-refractivity contribution in [3.8, 4) is 0 Å². The lowest BCUT2D eigenvalue weighted by Crippen LogP contribution is -2.48. The Labute approximate surface area is 101 Å². The Balaban J connectivity index is 2.75. The Hall–Kier alpha value is -1.91. The molecule has 0 fully saturated rings. The number of nitrogens with one attached hydrogen (secondary N) is 2. The highest BCUT2D eigenvalue weighted by molar-refractivity contribution is 5.97. The SMILES string of the molecule is CNC(=O)C(NC(=O)c1ccncc1)C(C)C. The van der Waals surface area contributed by atoms with Crippen LogP contribution in [0.1, 0.15) is 24.2 Å². The smallest absolute Gasteiger partial charge is 0.252 e. The number of carbonyl (C=O) groups is 2. The van der Waals surface area contributed by atoms with Crippen LogP contribution in [0.5, 0.6) is 0 Å². The zero-order valence-corrected chi connectivity index (χ0v) is 10.2. The summed E-state index contributed by atoms with van der Waals surface area (Å²) in [7, 11) is 1.55. The Morgan fingerprint density at radius 3 is 2.29 bits per heavy atom. The molecule has 0 spiro atoms. The first-order valence-corrected chi connectivity index (χ1v) is 5.48. The summed E-state index contributed by atoms with van der Waals surface area (Å²) >= 11 is 0. The summed E-state index contributed by atoms with van der Waals surface area (Å²) in [6.07, 6.45) is 3.08. The monoisotopic (exact) mass is 235 g/mol. The van der Waals surface area contributed by atoms with Crippen LogP contribution in [0.4, 0.5) is 0 Å². The minimum Gasteiger partial charge on any atom is -0.357 e. The Morgan fingerprint density at radius 1 is 1.24 bits per heavy atom. The summed E-state index contributed by atoms with van der Waals surface area (Å²) in [6.45, 7) is 3.76. The molecule has 2 N–H and O–H groups in total. The third-order valence-electron chi connectivity index (χ3n) is 2.42. The molecule has 5 heteroatoms. The van der Waals surface area contributed by atoms with Crippen molar-refractivity contribution in [2.45, 2.75) is 19.9 Å². The first-order valence-electron chi connectivity index (χ1n) is 5.48. The quantitative estimate of drug-likeness (QED) is 0.802. The van der Waals surface area contributed by atoms with Crippen LogP contribution in [0, 0.1) is 5.92 Å². The maximum absolute atomic E-state index is 11.9. The second kappa shape index (κ2) is 5.98. The van der Waals surface area contributed by atoms with Gasteiger partial charge in [-0.05, 0) is 18.1 Å². The molecule has 1 unspecified atom stereocenters. The van der Waals surface area contributed by atoms with Gasteiger partial charge in [0, 0.05) is 25.0 Å². The van der Waals surface area contributed by atoms with Crippen molar-refractivity contribution in [1.82, 2.24) is 15.6 Å². The minimum absolute atomic E-state index is 0.0285. The number of rotatable bonds is 4. The van der Waals surface area contributed by atoms with Crippen LogP contribution in [-0.2, 0) is 4.79 Å². The molecule has 0 bridgehead atoms. The molecule has 1 aromatic heterocycles. The number of likely N-dealkylation sites (N-methyl/N-ethyl adjacent to an activating group) is 1. The predicted octanol–water partition coefficient (Wildman–Crippen LogP) is 0.582. The zero-order chi connectivity index (χ0) is 12.8. The maximum Gasteiger partial charge on any atom is 0.252 e. The van der Waals surface area contributed by atoms with Gasteiger partial charge in [-0.25, -0.2) is 0 Å². The third-order valence-corrected chi connectivity index (χ3v) is 2.42. The largest absolute Gasteiger partial charge is 0.357 e. The van der Waals surface area contributed by atoms with Crippen LogP contribution in [-0.4, -0.2) is 29.9 Å². The van der Waals surface area contributed by atoms with E-state index in [9.17, 15) is 9.59 Å². The molecule has 92 valence electrons. The summed E-state index contributed by atoms with van der Waals surface area (Å²) in [6, 6.07) is 2.69. The molecule has 1 aromatic rings. The van der Waals surface area contributed by atoms with Gasteiger partial charge in [-0.1, -0.05) is 13.8 Å². The van der Waals surface area contributed by atoms with Gasteiger partial charge in [-0.3, -0.25) is 14.6 Å². The van der Waals surface area contributed by atoms with Crippen LogP contribution in [0.3, 0.4) is 0 Å². The average molecular weight is 235 g/mol. The molecule has 2 amide bonds. The van der Waals surface area contributed by atoms with Gasteiger partial charge < -0.3 is 10.6 Å². The first kappa shape index (κ1) is 13.2. The maximum atomic E-state index is 11.9. The van der Waals surface area contributed by atoms with Crippen molar-refractivity contribution in [3.63, 3.8) is 0 Å². The van der Waals surface area contributed by atoms with Gasteiger partial charge in [0.15, 0.2) is 0 Å². The lowest BCUT2D eigenvalue weighted by molar-refractivity contribution is -0.123. The van der Waals surface area contributed by atoms with E-state index in [2.05, 4.69) is 15.6 Å². The van der Waals surface area contributed by atoms with Crippen LogP contribution >= 0.6 is 0 Å². The summed E-state index contributed by atoms with van der Waals surface area (Å²) in [5, 5.41) is 5.24. The molecular weight excluding hydrogens is 218 g/mol. The van der Waals surface area contributed by atoms with Crippen LogP contribution in [0.2, 0.25) is 0 Å². The molecule has 1 atom stereocenters. The fourth-order valence-corrected chi connectivity index (χ4v) is 1.42. The molecular formula is C12H17N3O2. The lowest BCUT2D eigenvalue weighted by Gasteiger charge is -2.20. The second-order valence-corrected chi connectivity index (χ2v) is 4.05. The number of nitrogens with zero attached hydrogens (tertiary/aromatic N) is 1. The predicted molar refractivity (Wildman–Crippen MR) is 64.4 cm³/mol. The summed E-state index contributed by atoms with van der Waals surface area (Å²) in [4.78, 5) is 27.3. The normalized spacial score (nSPS) is 12.0. The summed E-state index contributed by atoms with van der Waals surface area (Å²) < 4.78 is 0. The molecule has 0 radical (unpaired) electrons. The molecule has 0 aliphatic heterocycles. The molecule has 1 rings (SSSR count). The van der Waals surface area contributed by atoms with E-state index in [1.54, 1.807) is 31.6 Å². The van der Waals surface area contributed by atoms with Gasteiger partial charge in [0.1, 0.15) is 6.04 Å². The van der Waals surface area contributed by atoms with Crippen LogP contribution in [0.25, 0.3) is 0 Å². The van der Waals surface area contributed by atoms with Gasteiger partial charge in [-0.2, -0.15) is 0 Å². The number of pyridine rings is 1. The van der Waals surface area contributed by atoms with E-state index in [1.807, 2.05) is 13.8 Å². The highest BCUT2D eigenvalue weighted by Gasteiger charge is 2.23. The van der Waals surface area contributed by atoms with E-state index in [4.69, 9.17) is 0 Å². The van der Waals surface area contributed by atoms with Crippen LogP contribution < -0.4 is 10.6 Å². The van der Waals surface area contributed by atoms with Gasteiger partial charge in [0.2, 0.25) is 5.91 Å². The first-order chi connectivity index (χ1) is 8.06. The van der Waals surface area contributed by atoms with E-state index in [-0.39, 0.29) is 17.7 Å². The molecule has 1 heterocycles. The number of aromatic nitrogens is 1. The van der Waals surface area contributed by atoms with Crippen molar-refractivity contribution in [3.05, 3.63) is 30.1 Å². The topological polar surface area (TPSA) is 71.1 Å². The van der Waals surface area contributed by atoms with E-state index >= 15 is 0 Å². The lowest BCUT2D eigenvalue weighted by atomic mass is 10.0. The van der Waals surface area contributed by atoms with Crippen LogP contribution in [0.15, 0.2) is 24.5 Å². The van der Waals surface area contributed by atoms with E-state index in [1.165, 1.54) is 0 Å². The molecule has 17 heavy (non-hydrogen) atoms. The van der Waals surface area contributed by atoms with Crippen molar-refractivity contribution < 1.29 is 9.59 Å². The zero-order valence-electron chi connectivity index (χ0n) is 10.2. The standard InChI is InChI=1S/C12H17N3O2/c1-8(2)10(12(17)13-3)15-11(16)9-4-6-14-7-5-9/h4-8,10H,1-3H3,(H,13,17)(H,15,16). The molecule has 5 nitrogen and oxygen atoms in total. The fourth-order valence-electron chi connectivity index (χ4n) is 1.42.